The Balaban J connectivity index is 1.69. The molecule has 2 aliphatic carbocycles. The zero-order valence-corrected chi connectivity index (χ0v) is 20.8. The quantitative estimate of drug-likeness (QED) is 0.351. The number of non-ortho nitro benzene ring substituents is 1. The summed E-state index contributed by atoms with van der Waals surface area (Å²) in [4.78, 5) is 34.9. The first-order chi connectivity index (χ1) is 15.4. The van der Waals surface area contributed by atoms with Crippen LogP contribution in [-0.2, 0) is 15.6 Å². The number of carbonyl (C=O) groups is 1. The number of nitro groups is 1. The summed E-state index contributed by atoms with van der Waals surface area (Å²) in [7, 11) is 0. The summed E-state index contributed by atoms with van der Waals surface area (Å²) in [6.45, 7) is 10.5. The molecule has 33 heavy (non-hydrogen) atoms. The molecule has 1 amide bonds. The minimum atomic E-state index is -0.888. The van der Waals surface area contributed by atoms with Crippen molar-refractivity contribution in [1.82, 2.24) is 9.97 Å². The predicted octanol–water partition coefficient (Wildman–Crippen LogP) is 5.89. The van der Waals surface area contributed by atoms with Gasteiger partial charge in [0.2, 0.25) is 5.91 Å². The molecule has 2 bridgehead atoms. The average molecular weight is 509 g/mol. The molecule has 2 aliphatic rings. The van der Waals surface area contributed by atoms with Gasteiger partial charge in [0.05, 0.1) is 38.4 Å². The highest BCUT2D eigenvalue weighted by Crippen LogP contribution is 2.70. The third kappa shape index (κ3) is 2.70. The number of fused-ring (bicyclic) bond motifs is 6. The van der Waals surface area contributed by atoms with Crippen molar-refractivity contribution < 1.29 is 9.72 Å². The molecule has 0 saturated heterocycles. The smallest absolute Gasteiger partial charge is 0.271 e. The number of hydrogen-bond donors (Lipinski definition) is 1. The number of nitro benzene ring substituents is 1. The first-order valence-corrected chi connectivity index (χ1v) is 11.8. The van der Waals surface area contributed by atoms with Gasteiger partial charge < -0.3 is 5.32 Å². The highest BCUT2D eigenvalue weighted by molar-refractivity contribution is 9.10. The third-order valence-electron chi connectivity index (χ3n) is 8.45. The molecule has 7 nitrogen and oxygen atoms in total. The summed E-state index contributed by atoms with van der Waals surface area (Å²) in [6.07, 6.45) is 1.47. The SMILES string of the molecule is Cc1cc2nc3c(nc2cc1C)C1(C(=O)Nc2cc([N+](=O)[O-])ccc2Br)CCC3(C)C1(C)C. The number of benzene rings is 2. The monoisotopic (exact) mass is 508 g/mol. The van der Waals surface area contributed by atoms with Crippen LogP contribution in [-0.4, -0.2) is 20.8 Å². The number of rotatable bonds is 3. The summed E-state index contributed by atoms with van der Waals surface area (Å²) >= 11 is 3.42. The van der Waals surface area contributed by atoms with E-state index in [2.05, 4.69) is 55.0 Å². The molecule has 8 heteroatoms. The molecule has 1 saturated carbocycles. The Morgan fingerprint density at radius 2 is 1.64 bits per heavy atom. The number of nitrogens with one attached hydrogen (secondary N) is 1. The van der Waals surface area contributed by atoms with E-state index in [0.29, 0.717) is 16.6 Å². The van der Waals surface area contributed by atoms with E-state index >= 15 is 0 Å². The van der Waals surface area contributed by atoms with Crippen molar-refractivity contribution in [2.45, 2.75) is 58.3 Å². The molecule has 1 aromatic heterocycles. The van der Waals surface area contributed by atoms with Crippen molar-refractivity contribution in [2.75, 3.05) is 5.32 Å². The number of carbonyl (C=O) groups excluding carboxylic acids is 1. The van der Waals surface area contributed by atoms with Gasteiger partial charge in [0.15, 0.2) is 0 Å². The van der Waals surface area contributed by atoms with Crippen LogP contribution in [0.3, 0.4) is 0 Å². The summed E-state index contributed by atoms with van der Waals surface area (Å²) in [5, 5.41) is 14.3. The van der Waals surface area contributed by atoms with Crippen molar-refractivity contribution in [1.29, 1.82) is 0 Å². The first kappa shape index (κ1) is 21.9. The van der Waals surface area contributed by atoms with Gasteiger partial charge in [-0.1, -0.05) is 20.8 Å². The van der Waals surface area contributed by atoms with Gasteiger partial charge in [0.1, 0.15) is 0 Å². The highest BCUT2D eigenvalue weighted by Gasteiger charge is 2.73. The maximum atomic E-state index is 14.0. The zero-order chi connectivity index (χ0) is 23.9. The Kier molecular flexibility index (Phi) is 4.54. The molecule has 2 atom stereocenters. The summed E-state index contributed by atoms with van der Waals surface area (Å²) in [5.41, 5.74) is 4.20. The number of aromatic nitrogens is 2. The molecule has 2 aromatic carbocycles. The van der Waals surface area contributed by atoms with E-state index in [-0.39, 0.29) is 17.0 Å². The van der Waals surface area contributed by atoms with Gasteiger partial charge in [-0.2, -0.15) is 0 Å². The largest absolute Gasteiger partial charge is 0.324 e. The molecule has 0 spiro atoms. The van der Waals surface area contributed by atoms with Gasteiger partial charge >= 0.3 is 0 Å². The van der Waals surface area contributed by atoms with Gasteiger partial charge in [-0.25, -0.2) is 9.97 Å². The van der Waals surface area contributed by atoms with Gasteiger partial charge in [0.25, 0.3) is 5.69 Å². The lowest BCUT2D eigenvalue weighted by Gasteiger charge is -2.39. The number of halogens is 1. The molecule has 1 heterocycles. The molecular weight excluding hydrogens is 484 g/mol. The van der Waals surface area contributed by atoms with Crippen molar-refractivity contribution in [3.05, 3.63) is 67.4 Å². The summed E-state index contributed by atoms with van der Waals surface area (Å²) < 4.78 is 0.588. The molecule has 3 aromatic rings. The topological polar surface area (TPSA) is 98.0 Å². The maximum Gasteiger partial charge on any atom is 0.271 e. The summed E-state index contributed by atoms with van der Waals surface area (Å²) in [5.74, 6) is -0.200. The molecule has 0 aliphatic heterocycles. The standard InChI is InChI=1S/C25H25BrN4O3/c1-13-10-18-19(11-14(13)2)28-21-20(27-18)24(5)8-9-25(21,23(24,3)4)22(31)29-17-12-15(30(32)33)6-7-16(17)26/h6-7,10-12H,8-9H2,1-5H3,(H,29,31). The van der Waals surface area contributed by atoms with Crippen LogP contribution < -0.4 is 5.32 Å². The van der Waals surface area contributed by atoms with E-state index in [1.54, 1.807) is 6.07 Å². The number of aryl methyl sites for hydroxylation is 2. The van der Waals surface area contributed by atoms with Crippen LogP contribution in [0.1, 0.15) is 56.1 Å². The van der Waals surface area contributed by atoms with E-state index in [0.717, 1.165) is 40.0 Å². The fourth-order valence-electron chi connectivity index (χ4n) is 5.81. The molecule has 0 radical (unpaired) electrons. The Labute approximate surface area is 200 Å². The number of nitrogens with zero attached hydrogens (tertiary/aromatic N) is 3. The number of anilines is 1. The average Bonchev–Trinajstić information content (AvgIpc) is 3.04. The third-order valence-corrected chi connectivity index (χ3v) is 9.14. The fourth-order valence-corrected chi connectivity index (χ4v) is 6.16. The van der Waals surface area contributed by atoms with E-state index < -0.39 is 15.8 Å². The number of hydrogen-bond acceptors (Lipinski definition) is 5. The van der Waals surface area contributed by atoms with E-state index in [1.807, 2.05) is 13.0 Å². The van der Waals surface area contributed by atoms with E-state index in [4.69, 9.17) is 9.97 Å². The minimum absolute atomic E-state index is 0.0787. The molecule has 170 valence electrons. The predicted molar refractivity (Wildman–Crippen MR) is 130 cm³/mol. The Morgan fingerprint density at radius 3 is 2.24 bits per heavy atom. The lowest BCUT2D eigenvalue weighted by atomic mass is 9.63. The fraction of sp³-hybridized carbons (Fsp3) is 0.400. The van der Waals surface area contributed by atoms with Gasteiger partial charge in [-0.15, -0.1) is 0 Å². The van der Waals surface area contributed by atoms with Crippen LogP contribution in [0.25, 0.3) is 11.0 Å². The van der Waals surface area contributed by atoms with Crippen LogP contribution in [0, 0.1) is 29.4 Å². The Bertz CT molecular complexity index is 1390. The van der Waals surface area contributed by atoms with Crippen LogP contribution in [0.4, 0.5) is 11.4 Å². The van der Waals surface area contributed by atoms with Crippen molar-refractivity contribution in [3.63, 3.8) is 0 Å². The first-order valence-electron chi connectivity index (χ1n) is 11.0. The Hall–Kier alpha value is -2.87. The second-order valence-electron chi connectivity index (χ2n) is 10.1. The van der Waals surface area contributed by atoms with Gasteiger partial charge in [0, 0.05) is 22.0 Å². The Morgan fingerprint density at radius 1 is 1.03 bits per heavy atom. The normalized spacial score (nSPS) is 24.7. The van der Waals surface area contributed by atoms with Crippen LogP contribution >= 0.6 is 15.9 Å². The lowest BCUT2D eigenvalue weighted by molar-refractivity contribution is -0.384. The summed E-state index contributed by atoms with van der Waals surface area (Å²) in [6, 6.07) is 8.46. The van der Waals surface area contributed by atoms with Crippen molar-refractivity contribution in [2.24, 2.45) is 5.41 Å². The minimum Gasteiger partial charge on any atom is -0.324 e. The number of amides is 1. The molecule has 1 fully saturated rings. The van der Waals surface area contributed by atoms with Crippen molar-refractivity contribution in [3.8, 4) is 0 Å². The highest BCUT2D eigenvalue weighted by atomic mass is 79.9. The van der Waals surface area contributed by atoms with Crippen LogP contribution in [0.5, 0.6) is 0 Å². The zero-order valence-electron chi connectivity index (χ0n) is 19.2. The second kappa shape index (κ2) is 6.82. The maximum absolute atomic E-state index is 14.0. The van der Waals surface area contributed by atoms with E-state index in [1.165, 1.54) is 12.1 Å². The van der Waals surface area contributed by atoms with Crippen LogP contribution in [0.15, 0.2) is 34.8 Å². The van der Waals surface area contributed by atoms with Crippen LogP contribution in [0.2, 0.25) is 0 Å². The van der Waals surface area contributed by atoms with E-state index in [9.17, 15) is 14.9 Å². The second-order valence-corrected chi connectivity index (χ2v) is 10.9. The molecule has 2 unspecified atom stereocenters. The molecular formula is C25H25BrN4O3. The molecule has 5 rings (SSSR count). The van der Waals surface area contributed by atoms with Gasteiger partial charge in [-0.05, 0) is 77.4 Å². The molecule has 1 N–H and O–H groups in total. The van der Waals surface area contributed by atoms with Crippen molar-refractivity contribution >= 4 is 44.2 Å². The van der Waals surface area contributed by atoms with Gasteiger partial charge in [-0.3, -0.25) is 14.9 Å². The lowest BCUT2D eigenvalue weighted by Crippen LogP contribution is -2.48.